The molecule has 0 radical (unpaired) electrons. The van der Waals surface area contributed by atoms with E-state index in [1.54, 1.807) is 0 Å². The van der Waals surface area contributed by atoms with E-state index >= 15 is 0 Å². The number of carboxylic acids is 1. The van der Waals surface area contributed by atoms with Gasteiger partial charge in [-0.05, 0) is 12.1 Å². The maximum Gasteiger partial charge on any atom is 0.352 e. The molecule has 4 heteroatoms. The quantitative estimate of drug-likeness (QED) is 0.583. The third kappa shape index (κ3) is 3.09. The van der Waals surface area contributed by atoms with Gasteiger partial charge in [0.25, 0.3) is 0 Å². The summed E-state index contributed by atoms with van der Waals surface area (Å²) in [6.45, 7) is 0. The molecule has 0 saturated carbocycles. The first-order valence-electron chi connectivity index (χ1n) is 4.70. The van der Waals surface area contributed by atoms with E-state index in [4.69, 9.17) is 15.6 Å². The van der Waals surface area contributed by atoms with Crippen molar-refractivity contribution in [2.75, 3.05) is 7.11 Å². The van der Waals surface area contributed by atoms with Gasteiger partial charge in [0.05, 0.1) is 6.42 Å². The molecule has 0 aliphatic carbocycles. The summed E-state index contributed by atoms with van der Waals surface area (Å²) in [7, 11) is 1.25. The van der Waals surface area contributed by atoms with Crippen molar-refractivity contribution in [3.63, 3.8) is 0 Å². The van der Waals surface area contributed by atoms with Gasteiger partial charge in [0, 0.05) is 12.7 Å². The lowest BCUT2D eigenvalue weighted by Crippen LogP contribution is -2.49. The highest BCUT2D eigenvalue weighted by Gasteiger charge is 2.32. The van der Waals surface area contributed by atoms with Crippen LogP contribution in [0.2, 0.25) is 0 Å². The topological polar surface area (TPSA) is 72.5 Å². The summed E-state index contributed by atoms with van der Waals surface area (Å²) in [5, 5.41) is 8.81. The summed E-state index contributed by atoms with van der Waals surface area (Å²) >= 11 is 0. The number of carbonyl (C=O) groups is 1. The van der Waals surface area contributed by atoms with Crippen LogP contribution in [0.3, 0.4) is 0 Å². The lowest BCUT2D eigenvalue weighted by atomic mass is 10.1. The molecule has 0 fully saturated rings. The molecule has 0 aromatic heterocycles. The van der Waals surface area contributed by atoms with Crippen LogP contribution in [0.5, 0.6) is 0 Å². The van der Waals surface area contributed by atoms with Crippen LogP contribution in [-0.2, 0) is 9.53 Å². The third-order valence-electron chi connectivity index (χ3n) is 2.08. The molecule has 0 aliphatic rings. The lowest BCUT2D eigenvalue weighted by molar-refractivity contribution is -0.161. The Morgan fingerprint density at radius 3 is 2.62 bits per heavy atom. The number of ether oxygens (including phenoxy) is 1. The van der Waals surface area contributed by atoms with Crippen molar-refractivity contribution >= 4 is 5.97 Å². The summed E-state index contributed by atoms with van der Waals surface area (Å²) in [6, 6.07) is 9.25. The van der Waals surface area contributed by atoms with Crippen LogP contribution in [0, 0.1) is 11.8 Å². The predicted octanol–water partition coefficient (Wildman–Crippen LogP) is 0.814. The van der Waals surface area contributed by atoms with E-state index in [0.717, 1.165) is 5.56 Å². The zero-order valence-corrected chi connectivity index (χ0v) is 8.93. The van der Waals surface area contributed by atoms with Crippen molar-refractivity contribution in [3.05, 3.63) is 35.9 Å². The minimum Gasteiger partial charge on any atom is -0.478 e. The monoisotopic (exact) mass is 219 g/mol. The van der Waals surface area contributed by atoms with Gasteiger partial charge in [-0.3, -0.25) is 5.73 Å². The first-order valence-corrected chi connectivity index (χ1v) is 4.70. The SMILES string of the molecule is CO[C@@](N)(CC#Cc1ccccc1)C(=O)O. The summed E-state index contributed by atoms with van der Waals surface area (Å²) in [6.07, 6.45) is -0.0618. The van der Waals surface area contributed by atoms with E-state index in [1.165, 1.54) is 7.11 Å². The highest BCUT2D eigenvalue weighted by atomic mass is 16.5. The van der Waals surface area contributed by atoms with E-state index in [2.05, 4.69) is 11.8 Å². The smallest absolute Gasteiger partial charge is 0.352 e. The third-order valence-corrected chi connectivity index (χ3v) is 2.08. The van der Waals surface area contributed by atoms with E-state index in [9.17, 15) is 4.79 Å². The minimum absolute atomic E-state index is 0.0618. The Bertz CT molecular complexity index is 419. The van der Waals surface area contributed by atoms with Crippen LogP contribution >= 0.6 is 0 Å². The molecule has 4 nitrogen and oxygen atoms in total. The number of aliphatic carboxylic acids is 1. The molecule has 0 bridgehead atoms. The molecule has 16 heavy (non-hydrogen) atoms. The first kappa shape index (κ1) is 12.2. The van der Waals surface area contributed by atoms with E-state index in [0.29, 0.717) is 0 Å². The molecule has 3 N–H and O–H groups in total. The second-order valence-corrected chi connectivity index (χ2v) is 3.24. The van der Waals surface area contributed by atoms with Crippen LogP contribution in [-0.4, -0.2) is 23.9 Å². The van der Waals surface area contributed by atoms with Crippen molar-refractivity contribution in [1.29, 1.82) is 0 Å². The van der Waals surface area contributed by atoms with E-state index in [1.807, 2.05) is 30.3 Å². The highest BCUT2D eigenvalue weighted by molar-refractivity contribution is 5.77. The largest absolute Gasteiger partial charge is 0.478 e. The second kappa shape index (κ2) is 5.31. The predicted molar refractivity (Wildman–Crippen MR) is 59.5 cm³/mol. The molecule has 84 valence electrons. The van der Waals surface area contributed by atoms with Crippen molar-refractivity contribution in [1.82, 2.24) is 0 Å². The van der Waals surface area contributed by atoms with Gasteiger partial charge in [-0.1, -0.05) is 30.0 Å². The summed E-state index contributed by atoms with van der Waals surface area (Å²) in [5.74, 6) is 4.29. The zero-order valence-electron chi connectivity index (χ0n) is 8.93. The van der Waals surface area contributed by atoms with Crippen LogP contribution < -0.4 is 5.73 Å². The molecule has 1 atom stereocenters. The molecular formula is C12H13NO3. The Morgan fingerprint density at radius 1 is 1.50 bits per heavy atom. The lowest BCUT2D eigenvalue weighted by Gasteiger charge is -2.19. The fourth-order valence-electron chi connectivity index (χ4n) is 1.03. The van der Waals surface area contributed by atoms with Gasteiger partial charge < -0.3 is 9.84 Å². The Balaban J connectivity index is 2.71. The molecule has 0 saturated heterocycles. The molecule has 0 spiro atoms. The number of methoxy groups -OCH3 is 1. The summed E-state index contributed by atoms with van der Waals surface area (Å²) in [5.41, 5.74) is 4.56. The maximum absolute atomic E-state index is 10.8. The molecule has 1 aromatic rings. The second-order valence-electron chi connectivity index (χ2n) is 3.24. The van der Waals surface area contributed by atoms with Gasteiger partial charge in [-0.25, -0.2) is 4.79 Å². The van der Waals surface area contributed by atoms with Gasteiger partial charge in [-0.2, -0.15) is 0 Å². The Morgan fingerprint density at radius 2 is 2.12 bits per heavy atom. The molecule has 0 unspecified atom stereocenters. The number of benzene rings is 1. The normalized spacial score (nSPS) is 13.4. The molecule has 1 rings (SSSR count). The Labute approximate surface area is 94.0 Å². The van der Waals surface area contributed by atoms with Gasteiger partial charge in [0.1, 0.15) is 0 Å². The molecule has 0 amide bonds. The number of nitrogens with two attached hydrogens (primary N) is 1. The Hall–Kier alpha value is -1.83. The average molecular weight is 219 g/mol. The van der Waals surface area contributed by atoms with Crippen molar-refractivity contribution in [2.45, 2.75) is 12.1 Å². The van der Waals surface area contributed by atoms with Crippen LogP contribution in [0.4, 0.5) is 0 Å². The fraction of sp³-hybridized carbons (Fsp3) is 0.250. The number of rotatable bonds is 3. The van der Waals surface area contributed by atoms with Crippen molar-refractivity contribution in [3.8, 4) is 11.8 Å². The van der Waals surface area contributed by atoms with Gasteiger partial charge >= 0.3 is 5.97 Å². The fourth-order valence-corrected chi connectivity index (χ4v) is 1.03. The number of carboxylic acid groups (broad SMARTS) is 1. The molecule has 1 aromatic carbocycles. The summed E-state index contributed by atoms with van der Waals surface area (Å²) < 4.78 is 4.71. The van der Waals surface area contributed by atoms with Crippen LogP contribution in [0.25, 0.3) is 0 Å². The molecule has 0 aliphatic heterocycles. The molecule has 0 heterocycles. The van der Waals surface area contributed by atoms with Crippen molar-refractivity contribution in [2.24, 2.45) is 5.73 Å². The van der Waals surface area contributed by atoms with Gasteiger partial charge in [-0.15, -0.1) is 0 Å². The maximum atomic E-state index is 10.8. The van der Waals surface area contributed by atoms with E-state index in [-0.39, 0.29) is 6.42 Å². The summed E-state index contributed by atoms with van der Waals surface area (Å²) in [4.78, 5) is 10.8. The highest BCUT2D eigenvalue weighted by Crippen LogP contribution is 2.07. The first-order chi connectivity index (χ1) is 7.58. The Kier molecular flexibility index (Phi) is 4.06. The van der Waals surface area contributed by atoms with Crippen LogP contribution in [0.1, 0.15) is 12.0 Å². The van der Waals surface area contributed by atoms with Gasteiger partial charge in [0.2, 0.25) is 5.72 Å². The number of hydrogen-bond acceptors (Lipinski definition) is 3. The van der Waals surface area contributed by atoms with Crippen LogP contribution in [0.15, 0.2) is 30.3 Å². The standard InChI is InChI=1S/C12H13NO3/c1-16-12(13,11(14)15)9-5-8-10-6-3-2-4-7-10/h2-4,6-7H,9,13H2,1H3,(H,14,15)/t12-/m0/s1. The number of hydrogen-bond donors (Lipinski definition) is 2. The van der Waals surface area contributed by atoms with Crippen molar-refractivity contribution < 1.29 is 14.6 Å². The molecular weight excluding hydrogens is 206 g/mol. The zero-order chi connectivity index (χ0) is 12.0. The van der Waals surface area contributed by atoms with E-state index < -0.39 is 11.7 Å². The average Bonchev–Trinajstić information content (AvgIpc) is 2.30. The minimum atomic E-state index is -1.73. The van der Waals surface area contributed by atoms with Gasteiger partial charge in [0.15, 0.2) is 0 Å².